The molecular weight excluding hydrogens is 330 g/mol. The zero-order valence-electron chi connectivity index (χ0n) is 14.6. The third-order valence-corrected chi connectivity index (χ3v) is 5.56. The molecule has 0 heterocycles. The van der Waals surface area contributed by atoms with Crippen molar-refractivity contribution >= 4 is 17.7 Å². The van der Waals surface area contributed by atoms with Crippen LogP contribution in [-0.2, 0) is 11.3 Å². The largest absolute Gasteiger partial charge is 0.490 e. The molecule has 3 rings (SSSR count). The first-order valence-corrected chi connectivity index (χ1v) is 9.84. The molecule has 1 atom stereocenters. The number of para-hydroxylation sites is 1. The summed E-state index contributed by atoms with van der Waals surface area (Å²) < 4.78 is 6.14. The number of carbonyl (C=O) groups excluding carboxylic acids is 1. The van der Waals surface area contributed by atoms with E-state index in [0.717, 1.165) is 29.1 Å². The van der Waals surface area contributed by atoms with Crippen LogP contribution in [0.1, 0.15) is 38.2 Å². The van der Waals surface area contributed by atoms with E-state index in [0.29, 0.717) is 12.6 Å². The van der Waals surface area contributed by atoms with Crippen molar-refractivity contribution in [2.75, 3.05) is 0 Å². The number of carbonyl (C=O) groups is 1. The van der Waals surface area contributed by atoms with E-state index in [4.69, 9.17) is 4.74 Å². The van der Waals surface area contributed by atoms with E-state index in [1.54, 1.807) is 11.8 Å². The minimum atomic E-state index is -0.134. The van der Waals surface area contributed by atoms with Gasteiger partial charge >= 0.3 is 0 Å². The molecule has 1 amide bonds. The minimum absolute atomic E-state index is 0.0459. The molecule has 0 saturated heterocycles. The van der Waals surface area contributed by atoms with E-state index in [1.807, 2.05) is 61.5 Å². The van der Waals surface area contributed by atoms with Crippen LogP contribution in [0.3, 0.4) is 0 Å². The van der Waals surface area contributed by atoms with Gasteiger partial charge in [-0.1, -0.05) is 36.4 Å². The zero-order chi connectivity index (χ0) is 17.5. The summed E-state index contributed by atoms with van der Waals surface area (Å²) in [4.78, 5) is 13.5. The summed E-state index contributed by atoms with van der Waals surface area (Å²) >= 11 is 1.57. The Morgan fingerprint density at radius 1 is 1.12 bits per heavy atom. The van der Waals surface area contributed by atoms with Crippen LogP contribution in [-0.4, -0.2) is 17.3 Å². The lowest BCUT2D eigenvalue weighted by Crippen LogP contribution is -2.30. The highest BCUT2D eigenvalue weighted by atomic mass is 32.2. The number of hydrogen-bond donors (Lipinski definition) is 1. The molecule has 2 aromatic rings. The van der Waals surface area contributed by atoms with Crippen molar-refractivity contribution in [1.29, 1.82) is 0 Å². The van der Waals surface area contributed by atoms with Crippen LogP contribution >= 0.6 is 11.8 Å². The summed E-state index contributed by atoms with van der Waals surface area (Å²) in [5, 5.41) is 2.91. The highest BCUT2D eigenvalue weighted by Crippen LogP contribution is 2.27. The van der Waals surface area contributed by atoms with Crippen LogP contribution in [0.15, 0.2) is 59.5 Å². The highest BCUT2D eigenvalue weighted by molar-refractivity contribution is 8.00. The molecule has 1 fully saturated rings. The first kappa shape index (κ1) is 17.9. The summed E-state index contributed by atoms with van der Waals surface area (Å²) in [5.41, 5.74) is 1.04. The normalized spacial score (nSPS) is 15.7. The van der Waals surface area contributed by atoms with Crippen LogP contribution in [0.2, 0.25) is 0 Å². The summed E-state index contributed by atoms with van der Waals surface area (Å²) in [7, 11) is 0. The Morgan fingerprint density at radius 2 is 1.80 bits per heavy atom. The van der Waals surface area contributed by atoms with Gasteiger partial charge in [0.1, 0.15) is 5.75 Å². The quantitative estimate of drug-likeness (QED) is 0.725. The molecule has 4 heteroatoms. The third-order valence-electron chi connectivity index (χ3n) is 4.45. The lowest BCUT2D eigenvalue weighted by molar-refractivity contribution is -0.120. The van der Waals surface area contributed by atoms with Crippen molar-refractivity contribution in [1.82, 2.24) is 5.32 Å². The highest BCUT2D eigenvalue weighted by Gasteiger charge is 2.18. The van der Waals surface area contributed by atoms with Crippen LogP contribution in [0.4, 0.5) is 0 Å². The van der Waals surface area contributed by atoms with E-state index in [1.165, 1.54) is 12.8 Å². The van der Waals surface area contributed by atoms with Crippen LogP contribution in [0, 0.1) is 0 Å². The summed E-state index contributed by atoms with van der Waals surface area (Å²) in [5.74, 6) is 0.947. The lowest BCUT2D eigenvalue weighted by atomic mass is 10.2. The molecule has 2 aromatic carbocycles. The Morgan fingerprint density at radius 3 is 2.56 bits per heavy atom. The van der Waals surface area contributed by atoms with E-state index < -0.39 is 0 Å². The summed E-state index contributed by atoms with van der Waals surface area (Å²) in [6.45, 7) is 2.44. The van der Waals surface area contributed by atoms with Crippen molar-refractivity contribution in [3.8, 4) is 5.75 Å². The molecule has 3 nitrogen and oxygen atoms in total. The molecule has 1 aliphatic rings. The number of benzene rings is 2. The van der Waals surface area contributed by atoms with Gasteiger partial charge in [-0.05, 0) is 50.8 Å². The number of thioether (sulfide) groups is 1. The van der Waals surface area contributed by atoms with Gasteiger partial charge in [-0.15, -0.1) is 11.8 Å². The predicted molar refractivity (Wildman–Crippen MR) is 103 cm³/mol. The van der Waals surface area contributed by atoms with E-state index in [-0.39, 0.29) is 11.2 Å². The number of rotatable bonds is 7. The van der Waals surface area contributed by atoms with Gasteiger partial charge in [0.05, 0.1) is 11.4 Å². The SMILES string of the molecule is CC(Sc1ccccc1)C(=O)NCc1ccccc1OC1CCCC1. The molecule has 132 valence electrons. The van der Waals surface area contributed by atoms with Crippen molar-refractivity contribution < 1.29 is 9.53 Å². The summed E-state index contributed by atoms with van der Waals surface area (Å²) in [6.07, 6.45) is 5.08. The Hall–Kier alpha value is -1.94. The number of amides is 1. The van der Waals surface area contributed by atoms with Gasteiger partial charge in [0, 0.05) is 17.0 Å². The molecule has 0 radical (unpaired) electrons. The second kappa shape index (κ2) is 8.95. The van der Waals surface area contributed by atoms with Crippen LogP contribution < -0.4 is 10.1 Å². The molecule has 0 spiro atoms. The molecule has 0 aliphatic heterocycles. The average molecular weight is 356 g/mol. The number of hydrogen-bond acceptors (Lipinski definition) is 3. The summed E-state index contributed by atoms with van der Waals surface area (Å²) in [6, 6.07) is 18.0. The van der Waals surface area contributed by atoms with E-state index >= 15 is 0 Å². The first-order chi connectivity index (χ1) is 12.2. The van der Waals surface area contributed by atoms with Crippen LogP contribution in [0.25, 0.3) is 0 Å². The zero-order valence-corrected chi connectivity index (χ0v) is 15.4. The van der Waals surface area contributed by atoms with Gasteiger partial charge in [-0.3, -0.25) is 4.79 Å². The standard InChI is InChI=1S/C21H25NO2S/c1-16(25-19-12-3-2-4-13-19)21(23)22-15-17-9-5-8-14-20(17)24-18-10-6-7-11-18/h2-5,8-9,12-14,16,18H,6-7,10-11,15H2,1H3,(H,22,23). The van der Waals surface area contributed by atoms with Gasteiger partial charge in [-0.2, -0.15) is 0 Å². The molecule has 25 heavy (non-hydrogen) atoms. The monoisotopic (exact) mass is 355 g/mol. The van der Waals surface area contributed by atoms with E-state index in [9.17, 15) is 4.79 Å². The Labute approximate surface area is 154 Å². The molecule has 1 saturated carbocycles. The smallest absolute Gasteiger partial charge is 0.233 e. The maximum Gasteiger partial charge on any atom is 0.233 e. The molecule has 0 aromatic heterocycles. The third kappa shape index (κ3) is 5.27. The van der Waals surface area contributed by atoms with Gasteiger partial charge in [0.15, 0.2) is 0 Å². The molecule has 1 aliphatic carbocycles. The van der Waals surface area contributed by atoms with Crippen LogP contribution in [0.5, 0.6) is 5.75 Å². The second-order valence-corrected chi connectivity index (χ2v) is 7.84. The van der Waals surface area contributed by atoms with E-state index in [2.05, 4.69) is 5.32 Å². The minimum Gasteiger partial charge on any atom is -0.490 e. The van der Waals surface area contributed by atoms with Gasteiger partial charge in [0.25, 0.3) is 0 Å². The fourth-order valence-corrected chi connectivity index (χ4v) is 3.95. The fourth-order valence-electron chi connectivity index (χ4n) is 3.03. The average Bonchev–Trinajstić information content (AvgIpc) is 3.14. The Kier molecular flexibility index (Phi) is 6.40. The van der Waals surface area contributed by atoms with Crippen molar-refractivity contribution in [2.24, 2.45) is 0 Å². The molecule has 1 unspecified atom stereocenters. The lowest BCUT2D eigenvalue weighted by Gasteiger charge is -2.17. The molecule has 1 N–H and O–H groups in total. The Bertz CT molecular complexity index is 683. The van der Waals surface area contributed by atoms with Gasteiger partial charge < -0.3 is 10.1 Å². The van der Waals surface area contributed by atoms with Crippen molar-refractivity contribution in [3.05, 3.63) is 60.2 Å². The number of nitrogens with one attached hydrogen (secondary N) is 1. The van der Waals surface area contributed by atoms with Gasteiger partial charge in [-0.25, -0.2) is 0 Å². The first-order valence-electron chi connectivity index (χ1n) is 8.96. The van der Waals surface area contributed by atoms with Crippen molar-refractivity contribution in [3.63, 3.8) is 0 Å². The predicted octanol–water partition coefficient (Wildman–Crippen LogP) is 4.81. The van der Waals surface area contributed by atoms with Crippen molar-refractivity contribution in [2.45, 2.75) is 55.4 Å². The maximum atomic E-state index is 12.4. The fraction of sp³-hybridized carbons (Fsp3) is 0.381. The second-order valence-electron chi connectivity index (χ2n) is 6.42. The topological polar surface area (TPSA) is 38.3 Å². The molecular formula is C21H25NO2S. The maximum absolute atomic E-state index is 12.4. The molecule has 0 bridgehead atoms. The Balaban J connectivity index is 1.54. The number of ether oxygens (including phenoxy) is 1. The van der Waals surface area contributed by atoms with Gasteiger partial charge in [0.2, 0.25) is 5.91 Å².